The summed E-state index contributed by atoms with van der Waals surface area (Å²) in [6, 6.07) is 4.03. The summed E-state index contributed by atoms with van der Waals surface area (Å²) in [5, 5.41) is 3.04. The Balaban J connectivity index is 1.86. The van der Waals surface area contributed by atoms with Gasteiger partial charge in [-0.2, -0.15) is 0 Å². The van der Waals surface area contributed by atoms with Crippen molar-refractivity contribution >= 4 is 29.6 Å². The molecule has 0 aliphatic carbocycles. The summed E-state index contributed by atoms with van der Waals surface area (Å²) in [6.45, 7) is 0. The maximum absolute atomic E-state index is 11.4. The van der Waals surface area contributed by atoms with Gasteiger partial charge in [0.15, 0.2) is 6.29 Å². The molecule has 3 nitrogen and oxygen atoms in total. The number of thiophene rings is 1. The van der Waals surface area contributed by atoms with Gasteiger partial charge in [-0.05, 0) is 37.5 Å². The minimum absolute atomic E-state index is 0.172. The number of hydrogen-bond acceptors (Lipinski definition) is 3. The second-order valence-corrected chi connectivity index (χ2v) is 5.65. The Morgan fingerprint density at radius 3 is 2.94 bits per heavy atom. The number of aldehydes is 1. The van der Waals surface area contributed by atoms with Crippen LogP contribution >= 0.6 is 11.3 Å². The van der Waals surface area contributed by atoms with Crippen LogP contribution in [0.5, 0.6) is 0 Å². The van der Waals surface area contributed by atoms with Crippen LogP contribution in [0.4, 0.5) is 0 Å². The van der Waals surface area contributed by atoms with Crippen LogP contribution in [0.15, 0.2) is 18.2 Å². The van der Waals surface area contributed by atoms with Gasteiger partial charge in [0, 0.05) is 17.3 Å². The van der Waals surface area contributed by atoms with Crippen LogP contribution in [-0.4, -0.2) is 18.2 Å². The van der Waals surface area contributed by atoms with Crippen molar-refractivity contribution in [2.45, 2.75) is 38.1 Å². The molecule has 2 heterocycles. The predicted octanol–water partition coefficient (Wildman–Crippen LogP) is 3.02. The van der Waals surface area contributed by atoms with Gasteiger partial charge >= 0.3 is 0 Å². The molecule has 96 valence electrons. The van der Waals surface area contributed by atoms with Gasteiger partial charge < -0.3 is 5.32 Å². The molecule has 1 N–H and O–H groups in total. The van der Waals surface area contributed by atoms with Crippen LogP contribution in [0.1, 0.15) is 46.7 Å². The molecule has 1 aliphatic rings. The standard InChI is InChI=1S/C14H17NO2S/c16-10-13-9-8-12(18-13)6-3-5-11-4-1-2-7-14(17)15-11/h3,6,8-11H,1-2,4-5,7H2,(H,15,17)/b6-3+. The van der Waals surface area contributed by atoms with Crippen LogP contribution in [0.2, 0.25) is 0 Å². The van der Waals surface area contributed by atoms with E-state index in [1.165, 1.54) is 11.3 Å². The molecule has 0 bridgehead atoms. The Morgan fingerprint density at radius 2 is 2.17 bits per heavy atom. The monoisotopic (exact) mass is 263 g/mol. The van der Waals surface area contributed by atoms with E-state index < -0.39 is 0 Å². The van der Waals surface area contributed by atoms with Gasteiger partial charge in [0.05, 0.1) is 4.88 Å². The fourth-order valence-electron chi connectivity index (χ4n) is 2.09. The Kier molecular flexibility index (Phi) is 4.70. The lowest BCUT2D eigenvalue weighted by Crippen LogP contribution is -2.32. The minimum atomic E-state index is 0.172. The molecular weight excluding hydrogens is 246 g/mol. The molecule has 1 atom stereocenters. The van der Waals surface area contributed by atoms with E-state index in [0.29, 0.717) is 6.42 Å². The van der Waals surface area contributed by atoms with E-state index in [1.807, 2.05) is 18.2 Å². The van der Waals surface area contributed by atoms with Crippen LogP contribution < -0.4 is 5.32 Å². The molecule has 18 heavy (non-hydrogen) atoms. The smallest absolute Gasteiger partial charge is 0.220 e. The quantitative estimate of drug-likeness (QED) is 0.849. The summed E-state index contributed by atoms with van der Waals surface area (Å²) < 4.78 is 0. The second kappa shape index (κ2) is 6.50. The maximum Gasteiger partial charge on any atom is 0.220 e. The highest BCUT2D eigenvalue weighted by Crippen LogP contribution is 2.17. The van der Waals surface area contributed by atoms with Crippen molar-refractivity contribution in [1.29, 1.82) is 0 Å². The average molecular weight is 263 g/mol. The van der Waals surface area contributed by atoms with Gasteiger partial charge in [-0.3, -0.25) is 9.59 Å². The molecule has 1 unspecified atom stereocenters. The highest BCUT2D eigenvalue weighted by Gasteiger charge is 2.14. The summed E-state index contributed by atoms with van der Waals surface area (Å²) in [4.78, 5) is 23.8. The number of amides is 1. The first-order valence-corrected chi connectivity index (χ1v) is 7.10. The SMILES string of the molecule is O=Cc1ccc(/C=C/CC2CCCCC(=O)N2)s1. The Bertz CT molecular complexity index is 450. The van der Waals surface area contributed by atoms with Crippen LogP contribution in [0.3, 0.4) is 0 Å². The second-order valence-electron chi connectivity index (χ2n) is 4.51. The summed E-state index contributed by atoms with van der Waals surface area (Å²) in [5.74, 6) is 0.172. The van der Waals surface area contributed by atoms with Gasteiger partial charge in [0.25, 0.3) is 0 Å². The Hall–Kier alpha value is -1.42. The van der Waals surface area contributed by atoms with Gasteiger partial charge in [-0.25, -0.2) is 0 Å². The van der Waals surface area contributed by atoms with Crippen molar-refractivity contribution in [3.8, 4) is 0 Å². The molecule has 1 amide bonds. The average Bonchev–Trinajstić information content (AvgIpc) is 2.72. The predicted molar refractivity (Wildman–Crippen MR) is 73.8 cm³/mol. The van der Waals surface area contributed by atoms with E-state index in [1.54, 1.807) is 0 Å². The van der Waals surface area contributed by atoms with Crippen molar-refractivity contribution in [2.24, 2.45) is 0 Å². The van der Waals surface area contributed by atoms with Crippen molar-refractivity contribution in [3.63, 3.8) is 0 Å². The molecular formula is C14H17NO2S. The Morgan fingerprint density at radius 1 is 1.33 bits per heavy atom. The van der Waals surface area contributed by atoms with E-state index in [0.717, 1.165) is 41.7 Å². The first-order chi connectivity index (χ1) is 8.78. The van der Waals surface area contributed by atoms with Crippen LogP contribution in [-0.2, 0) is 4.79 Å². The largest absolute Gasteiger partial charge is 0.353 e. The normalized spacial score (nSPS) is 20.7. The van der Waals surface area contributed by atoms with Crippen molar-refractivity contribution in [3.05, 3.63) is 28.0 Å². The topological polar surface area (TPSA) is 46.2 Å². The molecule has 1 saturated heterocycles. The third-order valence-electron chi connectivity index (χ3n) is 3.04. The number of nitrogens with one attached hydrogen (secondary N) is 1. The third-order valence-corrected chi connectivity index (χ3v) is 4.01. The molecule has 1 aliphatic heterocycles. The molecule has 1 aromatic heterocycles. The summed E-state index contributed by atoms with van der Waals surface area (Å²) in [5.41, 5.74) is 0. The first-order valence-electron chi connectivity index (χ1n) is 6.29. The van der Waals surface area contributed by atoms with Gasteiger partial charge in [0.2, 0.25) is 5.91 Å². The molecule has 2 rings (SSSR count). The minimum Gasteiger partial charge on any atom is -0.353 e. The summed E-state index contributed by atoms with van der Waals surface area (Å²) >= 11 is 1.48. The molecule has 4 heteroatoms. The number of carbonyl (C=O) groups excluding carboxylic acids is 2. The zero-order chi connectivity index (χ0) is 12.8. The van der Waals surface area contributed by atoms with Gasteiger partial charge in [-0.15, -0.1) is 11.3 Å². The summed E-state index contributed by atoms with van der Waals surface area (Å²) in [6.07, 6.45) is 9.66. The zero-order valence-corrected chi connectivity index (χ0v) is 11.0. The number of hydrogen-bond donors (Lipinski definition) is 1. The molecule has 0 aromatic carbocycles. The van der Waals surface area contributed by atoms with E-state index in [4.69, 9.17) is 0 Å². The highest BCUT2D eigenvalue weighted by atomic mass is 32.1. The van der Waals surface area contributed by atoms with E-state index in [-0.39, 0.29) is 11.9 Å². The first kappa shape index (κ1) is 13.0. The summed E-state index contributed by atoms with van der Waals surface area (Å²) in [7, 11) is 0. The fraction of sp³-hybridized carbons (Fsp3) is 0.429. The lowest BCUT2D eigenvalue weighted by Gasteiger charge is -2.12. The lowest BCUT2D eigenvalue weighted by molar-refractivity contribution is -0.121. The highest BCUT2D eigenvalue weighted by molar-refractivity contribution is 7.14. The van der Waals surface area contributed by atoms with E-state index in [2.05, 4.69) is 11.4 Å². The maximum atomic E-state index is 11.4. The number of carbonyl (C=O) groups is 2. The van der Waals surface area contributed by atoms with Crippen LogP contribution in [0, 0.1) is 0 Å². The molecule has 1 aromatic rings. The van der Waals surface area contributed by atoms with Crippen LogP contribution in [0.25, 0.3) is 6.08 Å². The Labute approximate surface area is 111 Å². The third kappa shape index (κ3) is 3.81. The fourth-order valence-corrected chi connectivity index (χ4v) is 2.85. The van der Waals surface area contributed by atoms with E-state index in [9.17, 15) is 9.59 Å². The zero-order valence-electron chi connectivity index (χ0n) is 10.2. The molecule has 0 saturated carbocycles. The molecule has 0 radical (unpaired) electrons. The van der Waals surface area contributed by atoms with Crippen molar-refractivity contribution < 1.29 is 9.59 Å². The van der Waals surface area contributed by atoms with Crippen molar-refractivity contribution in [1.82, 2.24) is 5.32 Å². The molecule has 1 fully saturated rings. The number of rotatable bonds is 4. The van der Waals surface area contributed by atoms with Gasteiger partial charge in [0.1, 0.15) is 0 Å². The molecule has 0 spiro atoms. The van der Waals surface area contributed by atoms with Crippen molar-refractivity contribution in [2.75, 3.05) is 0 Å². The van der Waals surface area contributed by atoms with Gasteiger partial charge in [-0.1, -0.05) is 12.5 Å². The lowest BCUT2D eigenvalue weighted by atomic mass is 10.1. The van der Waals surface area contributed by atoms with E-state index >= 15 is 0 Å².